The summed E-state index contributed by atoms with van der Waals surface area (Å²) < 4.78 is 0. The van der Waals surface area contributed by atoms with E-state index in [2.05, 4.69) is 24.1 Å². The molecular weight excluding hydrogens is 236 g/mol. The molecule has 1 aromatic rings. The Balaban J connectivity index is 2.38. The van der Waals surface area contributed by atoms with Crippen molar-refractivity contribution in [2.45, 2.75) is 39.0 Å². The number of rotatable bonds is 6. The summed E-state index contributed by atoms with van der Waals surface area (Å²) in [5.41, 5.74) is 7.04. The topological polar surface area (TPSA) is 55.1 Å². The van der Waals surface area contributed by atoms with Crippen molar-refractivity contribution in [1.82, 2.24) is 0 Å². The quantitative estimate of drug-likeness (QED) is 0.609. The molecule has 0 unspecified atom stereocenters. The van der Waals surface area contributed by atoms with Gasteiger partial charge < -0.3 is 11.1 Å². The molecule has 0 bridgehead atoms. The van der Waals surface area contributed by atoms with Crippen LogP contribution in [-0.2, 0) is 4.79 Å². The van der Waals surface area contributed by atoms with Crippen LogP contribution in [0.15, 0.2) is 24.3 Å². The monoisotopic (exact) mass is 258 g/mol. The third-order valence-corrected chi connectivity index (χ3v) is 2.76. The number of anilines is 1. The van der Waals surface area contributed by atoms with E-state index in [1.165, 1.54) is 12.8 Å². The maximum atomic E-state index is 11.7. The van der Waals surface area contributed by atoms with Crippen LogP contribution in [0.25, 0.3) is 0 Å². The molecule has 19 heavy (non-hydrogen) atoms. The Morgan fingerprint density at radius 1 is 1.21 bits per heavy atom. The van der Waals surface area contributed by atoms with Crippen LogP contribution in [0.3, 0.4) is 0 Å². The van der Waals surface area contributed by atoms with Crippen LogP contribution in [0.5, 0.6) is 0 Å². The van der Waals surface area contributed by atoms with Gasteiger partial charge in [0.05, 0.1) is 6.54 Å². The van der Waals surface area contributed by atoms with E-state index < -0.39 is 0 Å². The van der Waals surface area contributed by atoms with Gasteiger partial charge in [0.2, 0.25) is 5.91 Å². The van der Waals surface area contributed by atoms with Gasteiger partial charge in [-0.25, -0.2) is 0 Å². The Kier molecular flexibility index (Phi) is 7.38. The molecule has 3 nitrogen and oxygen atoms in total. The van der Waals surface area contributed by atoms with Crippen molar-refractivity contribution in [3.63, 3.8) is 0 Å². The first-order chi connectivity index (χ1) is 9.26. The first-order valence-corrected chi connectivity index (χ1v) is 6.85. The molecule has 0 atom stereocenters. The predicted molar refractivity (Wildman–Crippen MR) is 79.8 cm³/mol. The summed E-state index contributed by atoms with van der Waals surface area (Å²) in [4.78, 5) is 11.7. The second-order valence-electron chi connectivity index (χ2n) is 4.44. The fourth-order valence-electron chi connectivity index (χ4n) is 1.73. The third-order valence-electron chi connectivity index (χ3n) is 2.76. The van der Waals surface area contributed by atoms with Crippen molar-refractivity contribution in [1.29, 1.82) is 0 Å². The fraction of sp³-hybridized carbons (Fsp3) is 0.438. The number of nitrogens with two attached hydrogens (primary N) is 1. The maximum Gasteiger partial charge on any atom is 0.224 e. The highest BCUT2D eigenvalue weighted by Gasteiger charge is 2.01. The Bertz CT molecular complexity index is 440. The Hall–Kier alpha value is -1.79. The van der Waals surface area contributed by atoms with E-state index in [1.807, 2.05) is 24.3 Å². The van der Waals surface area contributed by atoms with Crippen molar-refractivity contribution in [2.75, 3.05) is 11.9 Å². The molecule has 0 saturated heterocycles. The molecule has 1 rings (SSSR count). The number of hydrogen-bond donors (Lipinski definition) is 2. The van der Waals surface area contributed by atoms with Crippen molar-refractivity contribution in [3.8, 4) is 11.8 Å². The number of amides is 1. The summed E-state index contributed by atoms with van der Waals surface area (Å²) in [7, 11) is 0. The van der Waals surface area contributed by atoms with Crippen molar-refractivity contribution in [3.05, 3.63) is 29.8 Å². The zero-order valence-corrected chi connectivity index (χ0v) is 11.5. The third kappa shape index (κ3) is 6.64. The first-order valence-electron chi connectivity index (χ1n) is 6.85. The zero-order chi connectivity index (χ0) is 13.9. The van der Waals surface area contributed by atoms with E-state index in [0.717, 1.165) is 24.1 Å². The lowest BCUT2D eigenvalue weighted by Crippen LogP contribution is -2.10. The Morgan fingerprint density at radius 2 is 1.95 bits per heavy atom. The Morgan fingerprint density at radius 3 is 2.58 bits per heavy atom. The largest absolute Gasteiger partial charge is 0.326 e. The van der Waals surface area contributed by atoms with Crippen molar-refractivity contribution in [2.24, 2.45) is 5.73 Å². The summed E-state index contributed by atoms with van der Waals surface area (Å²) in [6, 6.07) is 7.50. The highest BCUT2D eigenvalue weighted by Crippen LogP contribution is 2.10. The van der Waals surface area contributed by atoms with E-state index in [9.17, 15) is 4.79 Å². The summed E-state index contributed by atoms with van der Waals surface area (Å²) in [6.07, 6.45) is 5.06. The van der Waals surface area contributed by atoms with Crippen molar-refractivity contribution < 1.29 is 4.79 Å². The molecule has 3 heteroatoms. The van der Waals surface area contributed by atoms with E-state index in [0.29, 0.717) is 13.0 Å². The minimum absolute atomic E-state index is 0.0805. The zero-order valence-electron chi connectivity index (χ0n) is 11.5. The van der Waals surface area contributed by atoms with Crippen LogP contribution < -0.4 is 11.1 Å². The van der Waals surface area contributed by atoms with E-state index >= 15 is 0 Å². The SMILES string of the molecule is CCCCCCC(=O)Nc1ccc(C#CCN)cc1. The molecule has 0 aliphatic carbocycles. The smallest absolute Gasteiger partial charge is 0.224 e. The summed E-state index contributed by atoms with van der Waals surface area (Å²) in [5, 5.41) is 2.89. The van der Waals surface area contributed by atoms with Gasteiger partial charge in [0.1, 0.15) is 0 Å². The lowest BCUT2D eigenvalue weighted by atomic mass is 10.1. The molecule has 1 aromatic carbocycles. The maximum absolute atomic E-state index is 11.7. The molecule has 102 valence electrons. The number of benzene rings is 1. The van der Waals surface area contributed by atoms with Crippen LogP contribution in [0.4, 0.5) is 5.69 Å². The molecule has 0 aromatic heterocycles. The molecule has 3 N–H and O–H groups in total. The lowest BCUT2D eigenvalue weighted by Gasteiger charge is -2.05. The summed E-state index contributed by atoms with van der Waals surface area (Å²) >= 11 is 0. The van der Waals surface area contributed by atoms with Crippen LogP contribution in [0.1, 0.15) is 44.6 Å². The van der Waals surface area contributed by atoms with Gasteiger partial charge in [-0.1, -0.05) is 38.0 Å². The summed E-state index contributed by atoms with van der Waals surface area (Å²) in [5.74, 6) is 5.82. The van der Waals surface area contributed by atoms with Crippen LogP contribution in [-0.4, -0.2) is 12.5 Å². The van der Waals surface area contributed by atoms with Gasteiger partial charge in [0.25, 0.3) is 0 Å². The molecular formula is C16H22N2O. The predicted octanol–water partition coefficient (Wildman–Crippen LogP) is 2.91. The van der Waals surface area contributed by atoms with Crippen LogP contribution >= 0.6 is 0 Å². The molecule has 0 heterocycles. The number of hydrogen-bond acceptors (Lipinski definition) is 2. The number of unbranched alkanes of at least 4 members (excludes halogenated alkanes) is 3. The highest BCUT2D eigenvalue weighted by atomic mass is 16.1. The van der Waals surface area contributed by atoms with Gasteiger partial charge in [-0.2, -0.15) is 0 Å². The number of carbonyl (C=O) groups is 1. The second-order valence-corrected chi connectivity index (χ2v) is 4.44. The molecule has 0 aliphatic heterocycles. The minimum atomic E-state index is 0.0805. The fourth-order valence-corrected chi connectivity index (χ4v) is 1.73. The van der Waals surface area contributed by atoms with E-state index in [1.54, 1.807) is 0 Å². The van der Waals surface area contributed by atoms with Crippen molar-refractivity contribution >= 4 is 11.6 Å². The van der Waals surface area contributed by atoms with Gasteiger partial charge in [0, 0.05) is 17.7 Å². The van der Waals surface area contributed by atoms with Gasteiger partial charge in [0.15, 0.2) is 0 Å². The minimum Gasteiger partial charge on any atom is -0.326 e. The van der Waals surface area contributed by atoms with Gasteiger partial charge in [-0.15, -0.1) is 0 Å². The van der Waals surface area contributed by atoms with Gasteiger partial charge in [-0.05, 0) is 30.7 Å². The van der Waals surface area contributed by atoms with E-state index in [4.69, 9.17) is 5.73 Å². The molecule has 0 fully saturated rings. The van der Waals surface area contributed by atoms with Crippen LogP contribution in [0, 0.1) is 11.8 Å². The molecule has 0 radical (unpaired) electrons. The van der Waals surface area contributed by atoms with Gasteiger partial charge in [-0.3, -0.25) is 4.79 Å². The summed E-state index contributed by atoms with van der Waals surface area (Å²) in [6.45, 7) is 2.52. The lowest BCUT2D eigenvalue weighted by molar-refractivity contribution is -0.116. The molecule has 0 aliphatic rings. The Labute approximate surface area is 115 Å². The average Bonchev–Trinajstić information content (AvgIpc) is 2.43. The molecule has 0 saturated carbocycles. The molecule has 0 spiro atoms. The average molecular weight is 258 g/mol. The first kappa shape index (κ1) is 15.3. The number of carbonyl (C=O) groups excluding carboxylic acids is 1. The van der Waals surface area contributed by atoms with Gasteiger partial charge >= 0.3 is 0 Å². The van der Waals surface area contributed by atoms with E-state index in [-0.39, 0.29) is 5.91 Å². The highest BCUT2D eigenvalue weighted by molar-refractivity contribution is 5.90. The standard InChI is InChI=1S/C16H22N2O/c1-2-3-4-5-8-16(19)18-15-11-9-14(10-12-15)7-6-13-17/h9-12H,2-5,8,13,17H2,1H3,(H,18,19). The second kappa shape index (κ2) is 9.18. The van der Waals surface area contributed by atoms with Crippen LogP contribution in [0.2, 0.25) is 0 Å². The number of nitrogens with one attached hydrogen (secondary N) is 1. The normalized spacial score (nSPS) is 9.58. The molecule has 1 amide bonds.